The van der Waals surface area contributed by atoms with Crippen LogP contribution in [-0.2, 0) is 0 Å². The fourth-order valence-corrected chi connectivity index (χ4v) is 7.82. The lowest BCUT2D eigenvalue weighted by Crippen LogP contribution is -2.10. The van der Waals surface area contributed by atoms with Crippen molar-refractivity contribution < 1.29 is 4.42 Å². The molecule has 0 aliphatic heterocycles. The number of hydrogen-bond donors (Lipinski definition) is 0. The lowest BCUT2D eigenvalue weighted by Gasteiger charge is -2.27. The van der Waals surface area contributed by atoms with Gasteiger partial charge in [-0.05, 0) is 117 Å². The third-order valence-corrected chi connectivity index (χ3v) is 10.4. The Morgan fingerprint density at radius 1 is 0.538 bits per heavy atom. The Bertz CT molecular complexity index is 2810. The molecule has 246 valence electrons. The topological polar surface area (TPSA) is 29.3 Å². The first-order chi connectivity index (χ1) is 25.8. The molecule has 1 atom stereocenters. The van der Waals surface area contributed by atoms with Crippen LogP contribution in [-0.4, -0.2) is 4.98 Å². The summed E-state index contributed by atoms with van der Waals surface area (Å²) in [6, 6.07) is 57.1. The summed E-state index contributed by atoms with van der Waals surface area (Å²) < 4.78 is 6.29. The van der Waals surface area contributed by atoms with Crippen molar-refractivity contribution in [2.24, 2.45) is 0 Å². The molecule has 0 N–H and O–H groups in total. The van der Waals surface area contributed by atoms with E-state index in [0.29, 0.717) is 11.6 Å². The van der Waals surface area contributed by atoms with Gasteiger partial charge in [0.25, 0.3) is 0 Å². The van der Waals surface area contributed by atoms with Crippen LogP contribution in [0.15, 0.2) is 193 Å². The Hall–Kier alpha value is -6.71. The summed E-state index contributed by atoms with van der Waals surface area (Å²) in [4.78, 5) is 6.87. The SMILES string of the molecule is C1=CCC(c2ccc(N(c3ccc(-c4cc(-c5ccccc5)cc5ccccc45)cc3)c3cccc4cc5c(cc34)oc3ncccc35)cc2)C=C1. The molecule has 0 bridgehead atoms. The van der Waals surface area contributed by atoms with E-state index >= 15 is 0 Å². The van der Waals surface area contributed by atoms with Crippen molar-refractivity contribution in [3.05, 3.63) is 194 Å². The van der Waals surface area contributed by atoms with Crippen LogP contribution in [0.4, 0.5) is 17.1 Å². The van der Waals surface area contributed by atoms with Gasteiger partial charge in [-0.3, -0.25) is 0 Å². The summed E-state index contributed by atoms with van der Waals surface area (Å²) in [7, 11) is 0. The normalized spacial score (nSPS) is 14.1. The van der Waals surface area contributed by atoms with Crippen molar-refractivity contribution in [3.63, 3.8) is 0 Å². The average Bonchev–Trinajstić information content (AvgIpc) is 3.58. The standard InChI is InChI=1S/C49H34N2O/c1-3-11-33(12-4-1)35-20-24-40(25-21-35)51(47-19-9-16-38-30-46-43-18-10-28-50-49(43)52-48(46)32-45(38)47)41-26-22-36(23-27-41)44-31-39(34-13-5-2-6-14-34)29-37-15-7-8-17-42(37)44/h1-11,13-33H,12H2. The highest BCUT2D eigenvalue weighted by atomic mass is 16.3. The number of fused-ring (bicyclic) bond motifs is 5. The van der Waals surface area contributed by atoms with Gasteiger partial charge in [-0.15, -0.1) is 0 Å². The van der Waals surface area contributed by atoms with E-state index in [4.69, 9.17) is 4.42 Å². The average molecular weight is 667 g/mol. The van der Waals surface area contributed by atoms with Crippen molar-refractivity contribution in [1.82, 2.24) is 4.98 Å². The molecule has 0 amide bonds. The van der Waals surface area contributed by atoms with Crippen molar-refractivity contribution in [2.75, 3.05) is 4.90 Å². The smallest absolute Gasteiger partial charge is 0.227 e. The molecule has 0 radical (unpaired) electrons. The number of rotatable bonds is 6. The Morgan fingerprint density at radius 2 is 1.29 bits per heavy atom. The zero-order valence-corrected chi connectivity index (χ0v) is 28.5. The summed E-state index contributed by atoms with van der Waals surface area (Å²) in [5, 5.41) is 6.85. The molecule has 7 aromatic carbocycles. The molecule has 3 heteroatoms. The van der Waals surface area contributed by atoms with E-state index in [2.05, 4.69) is 186 Å². The maximum Gasteiger partial charge on any atom is 0.227 e. The predicted molar refractivity (Wildman–Crippen MR) is 218 cm³/mol. The molecule has 1 aliphatic carbocycles. The Labute approximate surface area is 302 Å². The maximum atomic E-state index is 6.29. The third-order valence-electron chi connectivity index (χ3n) is 10.4. The lowest BCUT2D eigenvalue weighted by atomic mass is 9.92. The van der Waals surface area contributed by atoms with Crippen LogP contribution in [0.1, 0.15) is 17.9 Å². The largest absolute Gasteiger partial charge is 0.438 e. The minimum atomic E-state index is 0.390. The van der Waals surface area contributed by atoms with Crippen LogP contribution in [0.25, 0.3) is 65.9 Å². The number of hydrogen-bond acceptors (Lipinski definition) is 3. The van der Waals surface area contributed by atoms with E-state index in [1.54, 1.807) is 6.20 Å². The molecule has 2 heterocycles. The van der Waals surface area contributed by atoms with E-state index in [1.807, 2.05) is 6.07 Å². The summed E-state index contributed by atoms with van der Waals surface area (Å²) in [5.41, 5.74) is 10.9. The molecule has 2 aromatic heterocycles. The van der Waals surface area contributed by atoms with Gasteiger partial charge in [-0.2, -0.15) is 0 Å². The first kappa shape index (κ1) is 30.1. The molecule has 0 saturated heterocycles. The molecular formula is C49H34N2O. The number of anilines is 3. The molecule has 0 fully saturated rings. The first-order valence-electron chi connectivity index (χ1n) is 17.9. The molecule has 3 nitrogen and oxygen atoms in total. The zero-order valence-electron chi connectivity index (χ0n) is 28.5. The fraction of sp³-hybridized carbons (Fsp3) is 0.0408. The van der Waals surface area contributed by atoms with Gasteiger partial charge in [-0.1, -0.05) is 115 Å². The minimum absolute atomic E-state index is 0.390. The molecular weight excluding hydrogens is 633 g/mol. The van der Waals surface area contributed by atoms with Crippen LogP contribution in [0.2, 0.25) is 0 Å². The van der Waals surface area contributed by atoms with Crippen LogP contribution < -0.4 is 4.90 Å². The van der Waals surface area contributed by atoms with Crippen molar-refractivity contribution in [3.8, 4) is 22.3 Å². The molecule has 10 rings (SSSR count). The molecule has 52 heavy (non-hydrogen) atoms. The van der Waals surface area contributed by atoms with E-state index < -0.39 is 0 Å². The highest BCUT2D eigenvalue weighted by Crippen LogP contribution is 2.43. The minimum Gasteiger partial charge on any atom is -0.438 e. The van der Waals surface area contributed by atoms with Gasteiger partial charge < -0.3 is 9.32 Å². The first-order valence-corrected chi connectivity index (χ1v) is 17.9. The van der Waals surface area contributed by atoms with Crippen molar-refractivity contribution in [1.29, 1.82) is 0 Å². The monoisotopic (exact) mass is 666 g/mol. The lowest BCUT2D eigenvalue weighted by molar-refractivity contribution is 0.654. The van der Waals surface area contributed by atoms with Gasteiger partial charge in [0.15, 0.2) is 0 Å². The fourth-order valence-electron chi connectivity index (χ4n) is 7.82. The molecule has 1 aliphatic rings. The predicted octanol–water partition coefficient (Wildman–Crippen LogP) is 13.7. The van der Waals surface area contributed by atoms with Gasteiger partial charge in [0, 0.05) is 39.6 Å². The quantitative estimate of drug-likeness (QED) is 0.177. The van der Waals surface area contributed by atoms with E-state index in [9.17, 15) is 0 Å². The summed E-state index contributed by atoms with van der Waals surface area (Å²) in [6.45, 7) is 0. The van der Waals surface area contributed by atoms with Gasteiger partial charge in [0.05, 0.1) is 5.69 Å². The molecule has 9 aromatic rings. The second kappa shape index (κ2) is 12.6. The summed E-state index contributed by atoms with van der Waals surface area (Å²) in [5.74, 6) is 0.390. The zero-order chi connectivity index (χ0) is 34.4. The van der Waals surface area contributed by atoms with Crippen LogP contribution in [0.3, 0.4) is 0 Å². The van der Waals surface area contributed by atoms with Gasteiger partial charge >= 0.3 is 0 Å². The van der Waals surface area contributed by atoms with Crippen LogP contribution in [0.5, 0.6) is 0 Å². The summed E-state index contributed by atoms with van der Waals surface area (Å²) in [6.07, 6.45) is 11.6. The van der Waals surface area contributed by atoms with Crippen LogP contribution >= 0.6 is 0 Å². The Kier molecular flexibility index (Phi) is 7.28. The third kappa shape index (κ3) is 5.26. The number of nitrogens with zero attached hydrogens (tertiary/aromatic N) is 2. The van der Waals surface area contributed by atoms with E-state index in [-0.39, 0.29) is 0 Å². The number of pyridine rings is 1. The van der Waals surface area contributed by atoms with E-state index in [0.717, 1.165) is 50.6 Å². The maximum absolute atomic E-state index is 6.29. The van der Waals surface area contributed by atoms with E-state index in [1.165, 1.54) is 38.6 Å². The van der Waals surface area contributed by atoms with Gasteiger partial charge in [0.1, 0.15) is 5.58 Å². The number of aromatic nitrogens is 1. The van der Waals surface area contributed by atoms with Gasteiger partial charge in [0.2, 0.25) is 5.71 Å². The molecule has 1 unspecified atom stereocenters. The van der Waals surface area contributed by atoms with Crippen LogP contribution in [0, 0.1) is 0 Å². The Balaban J connectivity index is 1.12. The van der Waals surface area contributed by atoms with Gasteiger partial charge in [-0.25, -0.2) is 4.98 Å². The number of benzene rings is 7. The highest BCUT2D eigenvalue weighted by molar-refractivity contribution is 6.12. The molecule has 0 spiro atoms. The van der Waals surface area contributed by atoms with Crippen molar-refractivity contribution >= 4 is 60.7 Å². The number of furan rings is 1. The number of allylic oxidation sites excluding steroid dienone is 4. The summed E-state index contributed by atoms with van der Waals surface area (Å²) >= 11 is 0. The van der Waals surface area contributed by atoms with Crippen molar-refractivity contribution in [2.45, 2.75) is 12.3 Å². The second-order valence-corrected chi connectivity index (χ2v) is 13.5. The second-order valence-electron chi connectivity index (χ2n) is 13.5. The molecule has 0 saturated carbocycles. The Morgan fingerprint density at radius 3 is 2.12 bits per heavy atom. The highest BCUT2D eigenvalue weighted by Gasteiger charge is 2.19.